The number of rotatable bonds is 5. The summed E-state index contributed by atoms with van der Waals surface area (Å²) in [7, 11) is 0. The third-order valence-corrected chi connectivity index (χ3v) is 8.83. The van der Waals surface area contributed by atoms with E-state index in [1.165, 1.54) is 39.8 Å². The molecule has 0 atom stereocenters. The maximum absolute atomic E-state index is 10.9. The van der Waals surface area contributed by atoms with Crippen molar-refractivity contribution in [3.05, 3.63) is 122 Å². The number of fused-ring (bicyclic) bond motifs is 2. The van der Waals surface area contributed by atoms with Crippen molar-refractivity contribution in [2.45, 2.75) is 18.0 Å². The zero-order valence-corrected chi connectivity index (χ0v) is 28.3. The highest BCUT2D eigenvalue weighted by atomic mass is 79.9. The number of aromatic nitrogens is 2. The highest BCUT2D eigenvalue weighted by Gasteiger charge is 2.10. The fraction of sp³-hybridized carbons (Fsp3) is 0.0625. The third kappa shape index (κ3) is 8.93. The summed E-state index contributed by atoms with van der Waals surface area (Å²) >= 11 is 9.44. The Morgan fingerprint density at radius 2 is 1.56 bits per heavy atom. The molecule has 3 heterocycles. The second-order valence-electron chi connectivity index (χ2n) is 9.44. The summed E-state index contributed by atoms with van der Waals surface area (Å²) in [6, 6.07) is 27.3. The van der Waals surface area contributed by atoms with Crippen LogP contribution in [0.5, 0.6) is 0 Å². The van der Waals surface area contributed by atoms with E-state index >= 15 is 0 Å². The van der Waals surface area contributed by atoms with Crippen LogP contribution in [0.2, 0.25) is 0 Å². The van der Waals surface area contributed by atoms with Crippen LogP contribution in [-0.4, -0.2) is 28.5 Å². The lowest BCUT2D eigenvalue weighted by Gasteiger charge is -2.03. The number of nitrogens with zero attached hydrogens (tertiary/aromatic N) is 5. The molecule has 9 nitrogen and oxygen atoms in total. The summed E-state index contributed by atoms with van der Waals surface area (Å²) in [6.45, 7) is 1.56. The SMILES string of the molecule is Brc1cccc(-c2nnc(Nc3ccc4c(c3)C=NC4)s2)c1.N#CSc1ccc2c(c1)C=NC2.NNC(=O)c1cccc(Br)c1. The number of hydrazine groups is 1. The second kappa shape index (κ2) is 15.7. The van der Waals surface area contributed by atoms with E-state index in [1.807, 2.05) is 77.9 Å². The van der Waals surface area contributed by atoms with E-state index in [-0.39, 0.29) is 5.91 Å². The highest BCUT2D eigenvalue weighted by Crippen LogP contribution is 2.30. The van der Waals surface area contributed by atoms with Crippen LogP contribution in [0.15, 0.2) is 109 Å². The molecule has 1 aromatic heterocycles. The number of nitriles is 1. The Morgan fingerprint density at radius 1 is 0.867 bits per heavy atom. The molecule has 224 valence electrons. The molecule has 0 saturated carbocycles. The molecule has 13 heteroatoms. The van der Waals surface area contributed by atoms with Crippen LogP contribution in [0, 0.1) is 10.7 Å². The molecule has 1 amide bonds. The second-order valence-corrected chi connectivity index (χ2v) is 13.1. The number of carbonyl (C=O) groups excluding carboxylic acids is 1. The number of nitrogen functional groups attached to an aromatic ring is 1. The van der Waals surface area contributed by atoms with Crippen LogP contribution < -0.4 is 16.6 Å². The van der Waals surface area contributed by atoms with Crippen molar-refractivity contribution < 1.29 is 4.79 Å². The van der Waals surface area contributed by atoms with Crippen molar-refractivity contribution in [3.8, 4) is 16.0 Å². The molecule has 0 bridgehead atoms. The van der Waals surface area contributed by atoms with Crippen molar-refractivity contribution in [3.63, 3.8) is 0 Å². The lowest BCUT2D eigenvalue weighted by molar-refractivity contribution is 0.0953. The van der Waals surface area contributed by atoms with Gasteiger partial charge in [0.1, 0.15) is 10.4 Å². The van der Waals surface area contributed by atoms with Crippen molar-refractivity contribution in [1.29, 1.82) is 5.26 Å². The Labute approximate surface area is 285 Å². The van der Waals surface area contributed by atoms with Crippen molar-refractivity contribution in [2.24, 2.45) is 15.8 Å². The Balaban J connectivity index is 0.000000147. The van der Waals surface area contributed by atoms with Gasteiger partial charge in [-0.1, -0.05) is 73.5 Å². The van der Waals surface area contributed by atoms with Crippen LogP contribution in [0.1, 0.15) is 32.6 Å². The summed E-state index contributed by atoms with van der Waals surface area (Å²) in [5, 5.41) is 24.0. The van der Waals surface area contributed by atoms with Crippen molar-refractivity contribution in [1.82, 2.24) is 15.6 Å². The molecule has 45 heavy (non-hydrogen) atoms. The summed E-state index contributed by atoms with van der Waals surface area (Å²) in [5.41, 5.74) is 9.48. The van der Waals surface area contributed by atoms with Crippen molar-refractivity contribution in [2.75, 3.05) is 5.32 Å². The number of anilines is 2. The lowest BCUT2D eigenvalue weighted by atomic mass is 10.1. The number of halogens is 2. The average Bonchev–Trinajstić information content (AvgIpc) is 3.83. The summed E-state index contributed by atoms with van der Waals surface area (Å²) < 4.78 is 1.89. The number of nitrogens with one attached hydrogen (secondary N) is 2. The molecule has 0 saturated heterocycles. The predicted octanol–water partition coefficient (Wildman–Crippen LogP) is 7.89. The number of hydrogen-bond acceptors (Lipinski definition) is 10. The number of thioether (sulfide) groups is 1. The smallest absolute Gasteiger partial charge is 0.265 e. The Kier molecular flexibility index (Phi) is 11.2. The van der Waals surface area contributed by atoms with Gasteiger partial charge in [0.2, 0.25) is 5.13 Å². The lowest BCUT2D eigenvalue weighted by Crippen LogP contribution is -2.29. The molecular formula is C32H24Br2N8OS2. The Hall–Kier alpha value is -4.19. The van der Waals surface area contributed by atoms with Gasteiger partial charge in [0.15, 0.2) is 0 Å². The maximum Gasteiger partial charge on any atom is 0.265 e. The monoisotopic (exact) mass is 758 g/mol. The highest BCUT2D eigenvalue weighted by molar-refractivity contribution is 9.10. The van der Waals surface area contributed by atoms with Crippen LogP contribution in [-0.2, 0) is 13.1 Å². The van der Waals surface area contributed by atoms with E-state index in [2.05, 4.69) is 69.5 Å². The standard InChI is InChI=1S/C16H11BrN4S.C9H6N2S.C7H7BrN2O/c17-13-3-1-2-10(6-13)15-20-21-16(22-15)19-14-5-4-11-8-18-9-12(11)7-14;10-6-12-9-2-1-7-4-11-5-8(7)3-9;8-6-3-1-2-5(4-6)7(11)10-9/h1-7,9H,8H2,(H,19,21);1-3,5H,4H2;1-4H,9H2,(H,10,11). The minimum absolute atomic E-state index is 0.286. The van der Waals surface area contributed by atoms with E-state index in [0.717, 1.165) is 53.9 Å². The molecular weight excluding hydrogens is 736 g/mol. The number of amides is 1. The molecule has 4 aromatic carbocycles. The van der Waals surface area contributed by atoms with E-state index in [1.54, 1.807) is 18.2 Å². The number of hydrogen-bond donors (Lipinski definition) is 3. The molecule has 7 rings (SSSR count). The minimum Gasteiger partial charge on any atom is -0.330 e. The van der Waals surface area contributed by atoms with Gasteiger partial charge < -0.3 is 5.32 Å². The molecule has 0 radical (unpaired) electrons. The van der Waals surface area contributed by atoms with Crippen LogP contribution in [0.3, 0.4) is 0 Å². The molecule has 2 aliphatic rings. The first-order valence-corrected chi connectivity index (χ1v) is 16.6. The predicted molar refractivity (Wildman–Crippen MR) is 189 cm³/mol. The van der Waals surface area contributed by atoms with Crippen molar-refractivity contribution >= 4 is 84.1 Å². The quantitative estimate of drug-likeness (QED) is 0.0544. The van der Waals surface area contributed by atoms with Gasteiger partial charge in [-0.3, -0.25) is 20.2 Å². The number of aliphatic imine (C=N–C) groups is 2. The van der Waals surface area contributed by atoms with Gasteiger partial charge in [-0.25, -0.2) is 5.84 Å². The van der Waals surface area contributed by atoms with Crippen LogP contribution >= 0.6 is 55.0 Å². The number of carbonyl (C=O) groups is 1. The van der Waals surface area contributed by atoms with Gasteiger partial charge in [-0.05, 0) is 88.6 Å². The number of benzene rings is 4. The zero-order valence-electron chi connectivity index (χ0n) is 23.4. The van der Waals surface area contributed by atoms with Gasteiger partial charge in [-0.15, -0.1) is 10.2 Å². The molecule has 4 N–H and O–H groups in total. The molecule has 2 aliphatic heterocycles. The summed E-state index contributed by atoms with van der Waals surface area (Å²) in [4.78, 5) is 20.3. The van der Waals surface area contributed by atoms with Gasteiger partial charge in [-0.2, -0.15) is 5.26 Å². The largest absolute Gasteiger partial charge is 0.330 e. The maximum atomic E-state index is 10.9. The number of thiocyanates is 1. The first-order valence-electron chi connectivity index (χ1n) is 13.4. The zero-order chi connectivity index (χ0) is 31.6. The molecule has 0 fully saturated rings. The van der Waals surface area contributed by atoms with Crippen LogP contribution in [0.25, 0.3) is 10.6 Å². The van der Waals surface area contributed by atoms with E-state index < -0.39 is 0 Å². The summed E-state index contributed by atoms with van der Waals surface area (Å²) in [5.74, 6) is 4.65. The first-order chi connectivity index (χ1) is 21.9. The fourth-order valence-electron chi connectivity index (χ4n) is 4.22. The molecule has 0 aliphatic carbocycles. The topological polar surface area (TPSA) is 141 Å². The van der Waals surface area contributed by atoms with Gasteiger partial charge in [0.25, 0.3) is 5.91 Å². The minimum atomic E-state index is -0.286. The average molecular weight is 761 g/mol. The van der Waals surface area contributed by atoms with Crippen LogP contribution in [0.4, 0.5) is 10.8 Å². The van der Waals surface area contributed by atoms with E-state index in [4.69, 9.17) is 11.1 Å². The fourth-order valence-corrected chi connectivity index (χ4v) is 6.21. The Morgan fingerprint density at radius 3 is 2.24 bits per heavy atom. The van der Waals surface area contributed by atoms with Gasteiger partial charge >= 0.3 is 0 Å². The van der Waals surface area contributed by atoms with Gasteiger partial charge in [0, 0.05) is 43.1 Å². The molecule has 0 spiro atoms. The first kappa shape index (κ1) is 32.2. The third-order valence-electron chi connectivity index (χ3n) is 6.38. The normalized spacial score (nSPS) is 11.7. The molecule has 0 unspecified atom stereocenters. The Bertz CT molecular complexity index is 1940. The summed E-state index contributed by atoms with van der Waals surface area (Å²) in [6.07, 6.45) is 3.77. The van der Waals surface area contributed by atoms with E-state index in [9.17, 15) is 4.79 Å². The van der Waals surface area contributed by atoms with E-state index in [0.29, 0.717) is 5.56 Å². The molecule has 5 aromatic rings. The van der Waals surface area contributed by atoms with Gasteiger partial charge in [0.05, 0.1) is 13.1 Å². The number of nitrogens with two attached hydrogens (primary N) is 1.